The molecule has 0 fully saturated rings. The van der Waals surface area contributed by atoms with Gasteiger partial charge in [0.05, 0.1) is 6.61 Å². The van der Waals surface area contributed by atoms with Gasteiger partial charge >= 0.3 is 0 Å². The SMILES string of the molecule is CNC(c1ccccc1)C(C)CCOc1ccccc1. The Hall–Kier alpha value is -1.80. The highest BCUT2D eigenvalue weighted by Gasteiger charge is 2.17. The highest BCUT2D eigenvalue weighted by Crippen LogP contribution is 2.24. The predicted octanol–water partition coefficient (Wildman–Crippen LogP) is 4.05. The van der Waals surface area contributed by atoms with Crippen molar-refractivity contribution in [3.8, 4) is 5.75 Å². The highest BCUT2D eigenvalue weighted by molar-refractivity contribution is 5.21. The Morgan fingerprint density at radius 1 is 0.950 bits per heavy atom. The first-order valence-electron chi connectivity index (χ1n) is 7.21. The fraction of sp³-hybridized carbons (Fsp3) is 0.333. The minimum Gasteiger partial charge on any atom is -0.494 e. The first-order chi connectivity index (χ1) is 9.81. The summed E-state index contributed by atoms with van der Waals surface area (Å²) in [6, 6.07) is 21.0. The molecule has 106 valence electrons. The maximum Gasteiger partial charge on any atom is 0.119 e. The van der Waals surface area contributed by atoms with Crippen molar-refractivity contribution >= 4 is 0 Å². The third-order valence-corrected chi connectivity index (χ3v) is 3.62. The second-order valence-electron chi connectivity index (χ2n) is 5.10. The smallest absolute Gasteiger partial charge is 0.119 e. The van der Waals surface area contributed by atoms with E-state index in [0.717, 1.165) is 18.8 Å². The largest absolute Gasteiger partial charge is 0.494 e. The molecule has 0 amide bonds. The van der Waals surface area contributed by atoms with Crippen LogP contribution in [-0.4, -0.2) is 13.7 Å². The van der Waals surface area contributed by atoms with Crippen LogP contribution in [0.25, 0.3) is 0 Å². The fourth-order valence-electron chi connectivity index (χ4n) is 2.49. The minimum atomic E-state index is 0.371. The Labute approximate surface area is 121 Å². The zero-order valence-electron chi connectivity index (χ0n) is 12.3. The van der Waals surface area contributed by atoms with Crippen molar-refractivity contribution in [1.82, 2.24) is 5.32 Å². The standard InChI is InChI=1S/C18H23NO/c1-15(13-14-20-17-11-7-4-8-12-17)18(19-2)16-9-5-3-6-10-16/h3-12,15,18-19H,13-14H2,1-2H3. The van der Waals surface area contributed by atoms with Gasteiger partial charge in [0.25, 0.3) is 0 Å². The molecular formula is C18H23NO. The Bertz CT molecular complexity index is 483. The van der Waals surface area contributed by atoms with E-state index in [2.05, 4.69) is 42.6 Å². The van der Waals surface area contributed by atoms with Crippen molar-refractivity contribution in [2.75, 3.05) is 13.7 Å². The van der Waals surface area contributed by atoms with Crippen molar-refractivity contribution in [3.05, 3.63) is 66.2 Å². The third-order valence-electron chi connectivity index (χ3n) is 3.62. The first-order valence-corrected chi connectivity index (χ1v) is 7.21. The zero-order chi connectivity index (χ0) is 14.2. The van der Waals surface area contributed by atoms with Crippen molar-refractivity contribution in [2.45, 2.75) is 19.4 Å². The lowest BCUT2D eigenvalue weighted by Gasteiger charge is -2.24. The lowest BCUT2D eigenvalue weighted by Crippen LogP contribution is -2.24. The molecule has 0 aromatic heterocycles. The van der Waals surface area contributed by atoms with Crippen molar-refractivity contribution < 1.29 is 4.74 Å². The molecule has 0 bridgehead atoms. The quantitative estimate of drug-likeness (QED) is 0.818. The molecule has 2 atom stereocenters. The monoisotopic (exact) mass is 269 g/mol. The van der Waals surface area contributed by atoms with E-state index >= 15 is 0 Å². The van der Waals surface area contributed by atoms with E-state index in [4.69, 9.17) is 4.74 Å². The normalized spacial score (nSPS) is 13.7. The van der Waals surface area contributed by atoms with Gasteiger partial charge in [0.2, 0.25) is 0 Å². The summed E-state index contributed by atoms with van der Waals surface area (Å²) in [5, 5.41) is 3.41. The van der Waals surface area contributed by atoms with Gasteiger partial charge in [-0.15, -0.1) is 0 Å². The van der Waals surface area contributed by atoms with E-state index in [1.807, 2.05) is 37.4 Å². The summed E-state index contributed by atoms with van der Waals surface area (Å²) in [6.45, 7) is 3.01. The van der Waals surface area contributed by atoms with Crippen LogP contribution in [0.15, 0.2) is 60.7 Å². The molecule has 2 heteroatoms. The molecule has 2 rings (SSSR count). The Morgan fingerprint density at radius 3 is 2.15 bits per heavy atom. The van der Waals surface area contributed by atoms with Crippen molar-refractivity contribution in [1.29, 1.82) is 0 Å². The van der Waals surface area contributed by atoms with Crippen LogP contribution in [0.2, 0.25) is 0 Å². The van der Waals surface area contributed by atoms with Gasteiger partial charge in [-0.05, 0) is 37.1 Å². The molecule has 20 heavy (non-hydrogen) atoms. The molecule has 0 heterocycles. The summed E-state index contributed by atoms with van der Waals surface area (Å²) in [6.07, 6.45) is 1.02. The zero-order valence-corrected chi connectivity index (χ0v) is 12.3. The summed E-state index contributed by atoms with van der Waals surface area (Å²) in [5.74, 6) is 1.46. The topological polar surface area (TPSA) is 21.3 Å². The van der Waals surface area contributed by atoms with Crippen LogP contribution in [0, 0.1) is 5.92 Å². The molecule has 1 N–H and O–H groups in total. The lowest BCUT2D eigenvalue weighted by atomic mass is 9.92. The number of rotatable bonds is 7. The second-order valence-corrected chi connectivity index (χ2v) is 5.10. The Morgan fingerprint density at radius 2 is 1.55 bits per heavy atom. The minimum absolute atomic E-state index is 0.371. The molecule has 0 spiro atoms. The molecule has 0 saturated carbocycles. The predicted molar refractivity (Wildman–Crippen MR) is 84.0 cm³/mol. The molecule has 0 aliphatic heterocycles. The molecule has 2 nitrogen and oxygen atoms in total. The molecule has 2 aromatic carbocycles. The van der Waals surface area contributed by atoms with E-state index in [-0.39, 0.29) is 0 Å². The number of hydrogen-bond donors (Lipinski definition) is 1. The summed E-state index contributed by atoms with van der Waals surface area (Å²) in [5.41, 5.74) is 1.34. The van der Waals surface area contributed by atoms with Gasteiger partial charge in [0.1, 0.15) is 5.75 Å². The highest BCUT2D eigenvalue weighted by atomic mass is 16.5. The fourth-order valence-corrected chi connectivity index (χ4v) is 2.49. The molecule has 0 saturated heterocycles. The number of benzene rings is 2. The van der Waals surface area contributed by atoms with E-state index in [0.29, 0.717) is 12.0 Å². The maximum absolute atomic E-state index is 5.78. The van der Waals surface area contributed by atoms with Crippen LogP contribution < -0.4 is 10.1 Å². The maximum atomic E-state index is 5.78. The van der Waals surface area contributed by atoms with Gasteiger partial charge in [0, 0.05) is 6.04 Å². The van der Waals surface area contributed by atoms with Crippen molar-refractivity contribution in [2.24, 2.45) is 5.92 Å². The first kappa shape index (κ1) is 14.6. The molecular weight excluding hydrogens is 246 g/mol. The number of nitrogens with one attached hydrogen (secondary N) is 1. The molecule has 0 aliphatic rings. The van der Waals surface area contributed by atoms with Gasteiger partial charge in [0.15, 0.2) is 0 Å². The third kappa shape index (κ3) is 4.10. The van der Waals surface area contributed by atoms with Crippen LogP contribution in [0.1, 0.15) is 24.9 Å². The van der Waals surface area contributed by atoms with E-state index in [1.54, 1.807) is 0 Å². The van der Waals surface area contributed by atoms with Gasteiger partial charge in [-0.2, -0.15) is 0 Å². The molecule has 0 aliphatic carbocycles. The molecule has 0 radical (unpaired) electrons. The average Bonchev–Trinajstić information content (AvgIpc) is 2.50. The Kier molecular flexibility index (Phi) is 5.63. The van der Waals surface area contributed by atoms with Crippen LogP contribution in [0.5, 0.6) is 5.75 Å². The summed E-state index contributed by atoms with van der Waals surface area (Å²) >= 11 is 0. The lowest BCUT2D eigenvalue weighted by molar-refractivity contribution is 0.261. The van der Waals surface area contributed by atoms with Crippen molar-refractivity contribution in [3.63, 3.8) is 0 Å². The van der Waals surface area contributed by atoms with Gasteiger partial charge in [-0.25, -0.2) is 0 Å². The number of hydrogen-bond acceptors (Lipinski definition) is 2. The van der Waals surface area contributed by atoms with Crippen LogP contribution in [0.3, 0.4) is 0 Å². The van der Waals surface area contributed by atoms with Crippen LogP contribution in [0.4, 0.5) is 0 Å². The average molecular weight is 269 g/mol. The molecule has 2 unspecified atom stereocenters. The van der Waals surface area contributed by atoms with Gasteiger partial charge in [-0.1, -0.05) is 55.5 Å². The van der Waals surface area contributed by atoms with E-state index in [1.165, 1.54) is 5.56 Å². The number of ether oxygens (including phenoxy) is 1. The summed E-state index contributed by atoms with van der Waals surface area (Å²) < 4.78 is 5.78. The van der Waals surface area contributed by atoms with Gasteiger partial charge in [-0.3, -0.25) is 0 Å². The Balaban J connectivity index is 1.85. The van der Waals surface area contributed by atoms with E-state index in [9.17, 15) is 0 Å². The number of para-hydroxylation sites is 1. The van der Waals surface area contributed by atoms with E-state index < -0.39 is 0 Å². The van der Waals surface area contributed by atoms with Gasteiger partial charge < -0.3 is 10.1 Å². The summed E-state index contributed by atoms with van der Waals surface area (Å²) in [4.78, 5) is 0. The second kappa shape index (κ2) is 7.71. The van der Waals surface area contributed by atoms with Crippen LogP contribution >= 0.6 is 0 Å². The summed E-state index contributed by atoms with van der Waals surface area (Å²) in [7, 11) is 2.02. The molecule has 2 aromatic rings. The van der Waals surface area contributed by atoms with Crippen LogP contribution in [-0.2, 0) is 0 Å².